The van der Waals surface area contributed by atoms with Crippen molar-refractivity contribution < 1.29 is 5.11 Å². The Morgan fingerprint density at radius 1 is 1.20 bits per heavy atom. The first-order chi connectivity index (χ1) is 7.27. The highest BCUT2D eigenvalue weighted by Crippen LogP contribution is 2.28. The molecule has 1 nitrogen and oxygen atoms in total. The number of phenolic OH excluding ortho intramolecular Hbond substituents is 1. The summed E-state index contributed by atoms with van der Waals surface area (Å²) in [5, 5.41) is 13.8. The average Bonchev–Trinajstić information content (AvgIpc) is 2.73. The van der Waals surface area contributed by atoms with Crippen molar-refractivity contribution in [3.05, 3.63) is 50.6 Å². The molecule has 15 heavy (non-hydrogen) atoms. The topological polar surface area (TPSA) is 20.2 Å². The summed E-state index contributed by atoms with van der Waals surface area (Å²) >= 11 is 4.94. The molecule has 0 aliphatic heterocycles. The van der Waals surface area contributed by atoms with E-state index in [0.29, 0.717) is 0 Å². The lowest BCUT2D eigenvalue weighted by atomic mass is 10.1. The Morgan fingerprint density at radius 3 is 2.80 bits per heavy atom. The minimum atomic E-state index is 0.281. The Bertz CT molecular complexity index is 474. The first kappa shape index (κ1) is 10.5. The fraction of sp³-hybridized carbons (Fsp3) is 0. The molecule has 76 valence electrons. The third-order valence-corrected chi connectivity index (χ3v) is 3.36. The van der Waals surface area contributed by atoms with Gasteiger partial charge in [-0.1, -0.05) is 24.3 Å². The van der Waals surface area contributed by atoms with Gasteiger partial charge in [-0.15, -0.1) is 0 Å². The van der Waals surface area contributed by atoms with Crippen LogP contribution in [0, 0.1) is 0 Å². The second kappa shape index (κ2) is 4.64. The summed E-state index contributed by atoms with van der Waals surface area (Å²) in [5.74, 6) is 0.281. The molecule has 2 rings (SSSR count). The largest absolute Gasteiger partial charge is 0.506 e. The molecular formula is C12H9BrOS. The number of aromatic hydroxyl groups is 1. The van der Waals surface area contributed by atoms with Crippen molar-refractivity contribution in [1.29, 1.82) is 0 Å². The van der Waals surface area contributed by atoms with Crippen LogP contribution in [0.2, 0.25) is 0 Å². The summed E-state index contributed by atoms with van der Waals surface area (Å²) in [6.07, 6.45) is 3.89. The third-order valence-electron chi connectivity index (χ3n) is 2.02. The van der Waals surface area contributed by atoms with Crippen molar-refractivity contribution in [1.82, 2.24) is 0 Å². The van der Waals surface area contributed by atoms with Gasteiger partial charge >= 0.3 is 0 Å². The van der Waals surface area contributed by atoms with Crippen molar-refractivity contribution in [3.63, 3.8) is 0 Å². The second-order valence-electron chi connectivity index (χ2n) is 3.07. The molecular weight excluding hydrogens is 272 g/mol. The zero-order valence-corrected chi connectivity index (χ0v) is 10.3. The van der Waals surface area contributed by atoms with Crippen LogP contribution >= 0.6 is 27.3 Å². The maximum atomic E-state index is 9.73. The lowest BCUT2D eigenvalue weighted by Crippen LogP contribution is -1.75. The fourth-order valence-electron chi connectivity index (χ4n) is 1.22. The number of halogens is 1. The molecule has 0 bridgehead atoms. The van der Waals surface area contributed by atoms with Gasteiger partial charge in [0.2, 0.25) is 0 Å². The Balaban J connectivity index is 2.28. The summed E-state index contributed by atoms with van der Waals surface area (Å²) in [4.78, 5) is 0. The SMILES string of the molecule is Oc1c(Br)cccc1C=Cc1ccsc1. The molecule has 0 saturated carbocycles. The molecule has 1 aromatic heterocycles. The first-order valence-electron chi connectivity index (χ1n) is 4.45. The number of hydrogen-bond acceptors (Lipinski definition) is 2. The molecule has 3 heteroatoms. The Labute approximate surface area is 101 Å². The third kappa shape index (κ3) is 2.49. The van der Waals surface area contributed by atoms with Crippen LogP contribution in [0.15, 0.2) is 39.5 Å². The zero-order chi connectivity index (χ0) is 10.7. The monoisotopic (exact) mass is 280 g/mol. The molecule has 0 radical (unpaired) electrons. The molecule has 0 fully saturated rings. The van der Waals surface area contributed by atoms with Gasteiger partial charge in [0.15, 0.2) is 0 Å². The van der Waals surface area contributed by atoms with E-state index in [4.69, 9.17) is 0 Å². The molecule has 0 aliphatic carbocycles. The van der Waals surface area contributed by atoms with E-state index in [-0.39, 0.29) is 5.75 Å². The van der Waals surface area contributed by atoms with Crippen LogP contribution < -0.4 is 0 Å². The molecule has 0 atom stereocenters. The molecule has 0 saturated heterocycles. The van der Waals surface area contributed by atoms with E-state index in [2.05, 4.69) is 21.3 Å². The standard InChI is InChI=1S/C12H9BrOS/c13-11-3-1-2-10(12(11)14)5-4-9-6-7-15-8-9/h1-8,14H. The summed E-state index contributed by atoms with van der Waals surface area (Å²) in [7, 11) is 0. The van der Waals surface area contributed by atoms with Crippen LogP contribution in [-0.4, -0.2) is 5.11 Å². The van der Waals surface area contributed by atoms with Gasteiger partial charge in [0.25, 0.3) is 0 Å². The molecule has 2 aromatic rings. The molecule has 0 amide bonds. The summed E-state index contributed by atoms with van der Waals surface area (Å²) in [6, 6.07) is 7.63. The van der Waals surface area contributed by atoms with Crippen LogP contribution in [0.5, 0.6) is 5.75 Å². The molecule has 1 heterocycles. The van der Waals surface area contributed by atoms with E-state index in [1.54, 1.807) is 11.3 Å². The summed E-state index contributed by atoms with van der Waals surface area (Å²) < 4.78 is 0.718. The number of benzene rings is 1. The number of hydrogen-bond donors (Lipinski definition) is 1. The van der Waals surface area contributed by atoms with Gasteiger partial charge in [0.1, 0.15) is 5.75 Å². The van der Waals surface area contributed by atoms with Crippen LogP contribution in [0.25, 0.3) is 12.2 Å². The van der Waals surface area contributed by atoms with Crippen molar-refractivity contribution in [2.24, 2.45) is 0 Å². The average molecular weight is 281 g/mol. The summed E-state index contributed by atoms with van der Waals surface area (Å²) in [5.41, 5.74) is 1.97. The lowest BCUT2D eigenvalue weighted by Gasteiger charge is -2.00. The fourth-order valence-corrected chi connectivity index (χ4v) is 2.23. The van der Waals surface area contributed by atoms with E-state index in [0.717, 1.165) is 15.6 Å². The number of rotatable bonds is 2. The highest BCUT2D eigenvalue weighted by atomic mass is 79.9. The van der Waals surface area contributed by atoms with E-state index in [9.17, 15) is 5.11 Å². The van der Waals surface area contributed by atoms with Crippen molar-refractivity contribution >= 4 is 39.4 Å². The van der Waals surface area contributed by atoms with Crippen LogP contribution in [0.1, 0.15) is 11.1 Å². The minimum absolute atomic E-state index is 0.281. The normalized spacial score (nSPS) is 11.0. The maximum Gasteiger partial charge on any atom is 0.136 e. The predicted molar refractivity (Wildman–Crippen MR) is 69.1 cm³/mol. The highest BCUT2D eigenvalue weighted by molar-refractivity contribution is 9.10. The molecule has 0 aliphatic rings. The van der Waals surface area contributed by atoms with Gasteiger partial charge in [-0.25, -0.2) is 0 Å². The Hall–Kier alpha value is -1.06. The molecule has 0 unspecified atom stereocenters. The maximum absolute atomic E-state index is 9.73. The molecule has 1 aromatic carbocycles. The number of para-hydroxylation sites is 1. The summed E-state index contributed by atoms with van der Waals surface area (Å²) in [6.45, 7) is 0. The van der Waals surface area contributed by atoms with Crippen LogP contribution in [0.4, 0.5) is 0 Å². The van der Waals surface area contributed by atoms with E-state index in [1.807, 2.05) is 41.8 Å². The minimum Gasteiger partial charge on any atom is -0.506 e. The molecule has 1 N–H and O–H groups in total. The number of thiophene rings is 1. The zero-order valence-electron chi connectivity index (χ0n) is 7.85. The van der Waals surface area contributed by atoms with Crippen molar-refractivity contribution in [2.75, 3.05) is 0 Å². The predicted octanol–water partition coefficient (Wildman–Crippen LogP) is 4.39. The van der Waals surface area contributed by atoms with E-state index < -0.39 is 0 Å². The van der Waals surface area contributed by atoms with Crippen molar-refractivity contribution in [3.8, 4) is 5.75 Å². The van der Waals surface area contributed by atoms with Gasteiger partial charge in [-0.3, -0.25) is 0 Å². The first-order valence-corrected chi connectivity index (χ1v) is 6.19. The van der Waals surface area contributed by atoms with Gasteiger partial charge in [-0.05, 0) is 44.4 Å². The second-order valence-corrected chi connectivity index (χ2v) is 4.70. The van der Waals surface area contributed by atoms with Crippen LogP contribution in [-0.2, 0) is 0 Å². The van der Waals surface area contributed by atoms with Gasteiger partial charge in [0, 0.05) is 5.56 Å². The quantitative estimate of drug-likeness (QED) is 0.865. The van der Waals surface area contributed by atoms with E-state index in [1.165, 1.54) is 0 Å². The lowest BCUT2D eigenvalue weighted by molar-refractivity contribution is 0.470. The van der Waals surface area contributed by atoms with Crippen LogP contribution in [0.3, 0.4) is 0 Å². The Kier molecular flexibility index (Phi) is 3.23. The Morgan fingerprint density at radius 2 is 2.07 bits per heavy atom. The smallest absolute Gasteiger partial charge is 0.136 e. The van der Waals surface area contributed by atoms with Gasteiger partial charge in [-0.2, -0.15) is 11.3 Å². The molecule has 0 spiro atoms. The van der Waals surface area contributed by atoms with Crippen molar-refractivity contribution in [2.45, 2.75) is 0 Å². The number of phenols is 1. The van der Waals surface area contributed by atoms with Gasteiger partial charge in [0.05, 0.1) is 4.47 Å². The van der Waals surface area contributed by atoms with Gasteiger partial charge < -0.3 is 5.11 Å². The van der Waals surface area contributed by atoms with E-state index >= 15 is 0 Å². The highest BCUT2D eigenvalue weighted by Gasteiger charge is 2.00.